The van der Waals surface area contributed by atoms with E-state index in [2.05, 4.69) is 13.8 Å². The van der Waals surface area contributed by atoms with E-state index in [9.17, 15) is 9.59 Å². The van der Waals surface area contributed by atoms with Gasteiger partial charge in [-0.05, 0) is 12.8 Å². The van der Waals surface area contributed by atoms with E-state index < -0.39 is 8.56 Å². The number of unbranched alkanes of at least 4 members (excludes halogenated alkanes) is 24. The quantitative estimate of drug-likeness (QED) is 0.0566. The lowest BCUT2D eigenvalue weighted by Crippen LogP contribution is -2.65. The molecule has 2 rings (SSSR count). The fourth-order valence-corrected chi connectivity index (χ4v) is 9.69. The van der Waals surface area contributed by atoms with Crippen molar-refractivity contribution in [3.63, 3.8) is 0 Å². The summed E-state index contributed by atoms with van der Waals surface area (Å²) in [6.45, 7) is 4.54. The molecule has 0 saturated carbocycles. The van der Waals surface area contributed by atoms with Crippen molar-refractivity contribution >= 4 is 30.9 Å². The van der Waals surface area contributed by atoms with Gasteiger partial charge in [0.15, 0.2) is 0 Å². The maximum atomic E-state index is 13.4. The van der Waals surface area contributed by atoms with Gasteiger partial charge in [-0.15, -0.1) is 0 Å². The molecule has 2 aromatic carbocycles. The Bertz CT molecular complexity index is 972. The second-order valence-corrected chi connectivity index (χ2v) is 17.1. The molecule has 0 fully saturated rings. The highest BCUT2D eigenvalue weighted by Crippen LogP contribution is 2.18. The van der Waals surface area contributed by atoms with Crippen molar-refractivity contribution in [2.45, 2.75) is 194 Å². The van der Waals surface area contributed by atoms with Gasteiger partial charge in [-0.3, -0.25) is 9.59 Å². The minimum absolute atomic E-state index is 0.267. The fraction of sp³-hybridized carbons (Fsp3) is 0.682. The second kappa shape index (κ2) is 29.3. The van der Waals surface area contributed by atoms with Crippen molar-refractivity contribution in [3.05, 3.63) is 60.7 Å². The van der Waals surface area contributed by atoms with Crippen LogP contribution in [0.25, 0.3) is 0 Å². The van der Waals surface area contributed by atoms with Crippen LogP contribution in [0.1, 0.15) is 194 Å². The first-order valence-electron chi connectivity index (χ1n) is 20.7. The molecule has 0 aliphatic heterocycles. The monoisotopic (exact) mass is 693 g/mol. The molecule has 0 amide bonds. The Kier molecular flexibility index (Phi) is 25.6. The summed E-state index contributed by atoms with van der Waals surface area (Å²) in [6, 6.07) is 19.4. The first-order valence-corrected chi connectivity index (χ1v) is 22.5. The van der Waals surface area contributed by atoms with Crippen LogP contribution in [-0.2, 0) is 18.4 Å². The van der Waals surface area contributed by atoms with Crippen LogP contribution in [0.4, 0.5) is 0 Å². The summed E-state index contributed by atoms with van der Waals surface area (Å²) in [7, 11) is -3.58. The van der Waals surface area contributed by atoms with Gasteiger partial charge < -0.3 is 8.85 Å². The van der Waals surface area contributed by atoms with Gasteiger partial charge >= 0.3 is 8.56 Å². The summed E-state index contributed by atoms with van der Waals surface area (Å²) >= 11 is 0. The average Bonchev–Trinajstić information content (AvgIpc) is 3.12. The fourth-order valence-electron chi connectivity index (χ4n) is 6.74. The van der Waals surface area contributed by atoms with Crippen LogP contribution >= 0.6 is 0 Å². The zero-order valence-electron chi connectivity index (χ0n) is 31.7. The van der Waals surface area contributed by atoms with Crippen LogP contribution in [0.5, 0.6) is 0 Å². The molecule has 2 aromatic rings. The van der Waals surface area contributed by atoms with Gasteiger partial charge in [0.25, 0.3) is 11.9 Å². The smallest absolute Gasteiger partial charge is 0.478 e. The number of carbonyl (C=O) groups excluding carboxylic acids is 2. The largest absolute Gasteiger partial charge is 0.534 e. The maximum absolute atomic E-state index is 13.4. The third-order valence-corrected chi connectivity index (χ3v) is 13.0. The molecule has 5 heteroatoms. The summed E-state index contributed by atoms with van der Waals surface area (Å²) in [4.78, 5) is 26.8. The molecule has 0 aliphatic rings. The van der Waals surface area contributed by atoms with Crippen molar-refractivity contribution < 1.29 is 18.4 Å². The summed E-state index contributed by atoms with van der Waals surface area (Å²) in [6.07, 6.45) is 33.5. The lowest BCUT2D eigenvalue weighted by atomic mass is 10.0. The van der Waals surface area contributed by atoms with Crippen molar-refractivity contribution in [1.29, 1.82) is 0 Å². The highest BCUT2D eigenvalue weighted by atomic mass is 28.4. The molecular weight excluding hydrogens is 621 g/mol. The molecule has 0 heterocycles. The summed E-state index contributed by atoms with van der Waals surface area (Å²) in [5.41, 5.74) is 0. The van der Waals surface area contributed by atoms with Crippen LogP contribution in [0, 0.1) is 0 Å². The Morgan fingerprint density at radius 1 is 0.388 bits per heavy atom. The molecule has 0 spiro atoms. The first kappa shape index (κ1) is 42.8. The molecule has 276 valence electrons. The molecule has 0 aromatic heterocycles. The topological polar surface area (TPSA) is 52.6 Å². The SMILES string of the molecule is CCCCCCCCCCCCCCCC(=O)O[Si](OC(=O)CCCCCCCCCCCCCCC)(c1ccccc1)c1ccccc1. The second-order valence-electron chi connectivity index (χ2n) is 14.3. The van der Waals surface area contributed by atoms with Crippen LogP contribution in [0.3, 0.4) is 0 Å². The lowest BCUT2D eigenvalue weighted by Gasteiger charge is -2.30. The molecule has 0 aliphatic carbocycles. The van der Waals surface area contributed by atoms with E-state index in [4.69, 9.17) is 8.85 Å². The minimum Gasteiger partial charge on any atom is -0.478 e. The van der Waals surface area contributed by atoms with Crippen molar-refractivity contribution in [1.82, 2.24) is 0 Å². The third-order valence-electron chi connectivity index (χ3n) is 9.79. The van der Waals surface area contributed by atoms with Gasteiger partial charge in [0.2, 0.25) is 0 Å². The normalized spacial score (nSPS) is 11.5. The molecule has 4 nitrogen and oxygen atoms in total. The van der Waals surface area contributed by atoms with Gasteiger partial charge in [0.1, 0.15) is 0 Å². The maximum Gasteiger partial charge on any atom is 0.534 e. The predicted molar refractivity (Wildman–Crippen MR) is 211 cm³/mol. The molecule has 0 unspecified atom stereocenters. The Balaban J connectivity index is 1.79. The predicted octanol–water partition coefficient (Wildman–Crippen LogP) is 12.3. The van der Waals surface area contributed by atoms with E-state index in [1.165, 1.54) is 128 Å². The number of benzene rings is 2. The van der Waals surface area contributed by atoms with Crippen LogP contribution in [-0.4, -0.2) is 20.5 Å². The van der Waals surface area contributed by atoms with Crippen molar-refractivity contribution in [3.8, 4) is 0 Å². The van der Waals surface area contributed by atoms with Crippen LogP contribution < -0.4 is 10.4 Å². The van der Waals surface area contributed by atoms with Crippen molar-refractivity contribution in [2.75, 3.05) is 0 Å². The highest BCUT2D eigenvalue weighted by molar-refractivity contribution is 6.94. The molecule has 0 N–H and O–H groups in total. The Labute approximate surface area is 302 Å². The number of carbonyl (C=O) groups is 2. The third kappa shape index (κ3) is 20.1. The van der Waals surface area contributed by atoms with E-state index in [0.717, 1.165) is 48.9 Å². The van der Waals surface area contributed by atoms with Crippen LogP contribution in [0.2, 0.25) is 0 Å². The molecule has 0 saturated heterocycles. The van der Waals surface area contributed by atoms with Crippen LogP contribution in [0.15, 0.2) is 60.7 Å². The average molecular weight is 693 g/mol. The zero-order chi connectivity index (χ0) is 35.1. The van der Waals surface area contributed by atoms with Gasteiger partial charge in [-0.1, -0.05) is 229 Å². The van der Waals surface area contributed by atoms with E-state index in [1.54, 1.807) is 0 Å². The van der Waals surface area contributed by atoms with Crippen molar-refractivity contribution in [2.24, 2.45) is 0 Å². The summed E-state index contributed by atoms with van der Waals surface area (Å²) in [5, 5.41) is 1.58. The zero-order valence-corrected chi connectivity index (χ0v) is 32.7. The Morgan fingerprint density at radius 2 is 0.633 bits per heavy atom. The minimum atomic E-state index is -3.58. The van der Waals surface area contributed by atoms with Gasteiger partial charge in [-0.2, -0.15) is 0 Å². The molecule has 0 radical (unpaired) electrons. The standard InChI is InChI=1S/C44H72O4Si/c1-3-5-7-9-11-13-15-17-19-21-23-25-33-39-43(45)47-49(41-35-29-27-30-36-41,42-37-31-28-32-38-42)48-44(46)40-34-26-24-22-20-18-16-14-12-10-8-6-4-2/h27-32,35-38H,3-26,33-34,39-40H2,1-2H3. The van der Waals surface area contributed by atoms with Gasteiger partial charge in [-0.25, -0.2) is 0 Å². The molecule has 0 bridgehead atoms. The molecular formula is C44H72O4Si. The number of hydrogen-bond donors (Lipinski definition) is 0. The highest BCUT2D eigenvalue weighted by Gasteiger charge is 2.49. The molecule has 49 heavy (non-hydrogen) atoms. The van der Waals surface area contributed by atoms with Gasteiger partial charge in [0, 0.05) is 23.2 Å². The lowest BCUT2D eigenvalue weighted by molar-refractivity contribution is -0.140. The number of hydrogen-bond acceptors (Lipinski definition) is 4. The van der Waals surface area contributed by atoms with E-state index >= 15 is 0 Å². The van der Waals surface area contributed by atoms with Gasteiger partial charge in [0.05, 0.1) is 0 Å². The molecule has 0 atom stereocenters. The van der Waals surface area contributed by atoms with E-state index in [0.29, 0.717) is 12.8 Å². The van der Waals surface area contributed by atoms with E-state index in [-0.39, 0.29) is 11.9 Å². The summed E-state index contributed by atoms with van der Waals surface area (Å²) < 4.78 is 12.7. The Hall–Kier alpha value is -2.40. The number of rotatable bonds is 32. The van der Waals surface area contributed by atoms with E-state index in [1.807, 2.05) is 60.7 Å². The summed E-state index contributed by atoms with van der Waals surface area (Å²) in [5.74, 6) is -0.535. The first-order chi connectivity index (χ1) is 24.1. The Morgan fingerprint density at radius 3 is 0.898 bits per heavy atom.